The summed E-state index contributed by atoms with van der Waals surface area (Å²) in [5.74, 6) is 0.503. The highest BCUT2D eigenvalue weighted by molar-refractivity contribution is 9.10. The lowest BCUT2D eigenvalue weighted by Crippen LogP contribution is -2.15. The van der Waals surface area contributed by atoms with Gasteiger partial charge in [-0.05, 0) is 52.7 Å². The number of sulfonamides is 1. The molecule has 0 heterocycles. The first-order valence-electron chi connectivity index (χ1n) is 6.06. The summed E-state index contributed by atoms with van der Waals surface area (Å²) in [5.41, 5.74) is 7.39. The number of benzene rings is 2. The Morgan fingerprint density at radius 2 is 1.90 bits per heavy atom. The molecule has 0 aliphatic heterocycles. The molecule has 0 fully saturated rings. The third-order valence-corrected chi connectivity index (χ3v) is 4.97. The molecular weight excluding hydrogens is 356 g/mol. The molecule has 0 radical (unpaired) electrons. The van der Waals surface area contributed by atoms with Crippen molar-refractivity contribution in [3.05, 3.63) is 46.4 Å². The van der Waals surface area contributed by atoms with Crippen LogP contribution in [0.4, 0.5) is 11.4 Å². The predicted octanol–water partition coefficient (Wildman–Crippen LogP) is 3.15. The Morgan fingerprint density at radius 3 is 2.48 bits per heavy atom. The number of nitrogen functional groups attached to an aromatic ring is 1. The van der Waals surface area contributed by atoms with Crippen molar-refractivity contribution in [3.63, 3.8) is 0 Å². The first-order chi connectivity index (χ1) is 9.83. The number of rotatable bonds is 4. The molecule has 2 aromatic rings. The van der Waals surface area contributed by atoms with E-state index in [0.29, 0.717) is 15.9 Å². The number of ether oxygens (including phenoxy) is 1. The van der Waals surface area contributed by atoms with Gasteiger partial charge in [0, 0.05) is 10.5 Å². The van der Waals surface area contributed by atoms with Gasteiger partial charge >= 0.3 is 0 Å². The average Bonchev–Trinajstić information content (AvgIpc) is 2.41. The zero-order chi connectivity index (χ0) is 15.6. The molecule has 0 unspecified atom stereocenters. The third-order valence-electron chi connectivity index (χ3n) is 2.88. The summed E-state index contributed by atoms with van der Waals surface area (Å²) in [6.45, 7) is 1.92. The molecule has 0 saturated carbocycles. The standard InChI is InChI=1S/C14H15BrN2O3S/c1-9-3-5-13(11(15)7-9)17-21(18,19)14-6-4-10(20-2)8-12(14)16/h3-8,17H,16H2,1-2H3. The van der Waals surface area contributed by atoms with Crippen LogP contribution in [0.3, 0.4) is 0 Å². The maximum Gasteiger partial charge on any atom is 0.263 e. The van der Waals surface area contributed by atoms with E-state index in [0.717, 1.165) is 5.56 Å². The highest BCUT2D eigenvalue weighted by Gasteiger charge is 2.19. The molecule has 5 nitrogen and oxygen atoms in total. The first-order valence-corrected chi connectivity index (χ1v) is 8.33. The minimum atomic E-state index is -3.76. The molecule has 0 aromatic heterocycles. The molecule has 3 N–H and O–H groups in total. The normalized spacial score (nSPS) is 11.2. The SMILES string of the molecule is COc1ccc(S(=O)(=O)Nc2ccc(C)cc2Br)c(N)c1. The second kappa shape index (κ2) is 5.95. The summed E-state index contributed by atoms with van der Waals surface area (Å²) in [6.07, 6.45) is 0. The molecule has 112 valence electrons. The van der Waals surface area contributed by atoms with Gasteiger partial charge in [-0.1, -0.05) is 6.07 Å². The van der Waals surface area contributed by atoms with Crippen molar-refractivity contribution in [3.8, 4) is 5.75 Å². The van der Waals surface area contributed by atoms with Crippen molar-refractivity contribution in [2.75, 3.05) is 17.6 Å². The van der Waals surface area contributed by atoms with Crippen LogP contribution in [-0.2, 0) is 10.0 Å². The molecule has 0 spiro atoms. The second-order valence-electron chi connectivity index (χ2n) is 4.49. The van der Waals surface area contributed by atoms with Crippen LogP contribution in [0.5, 0.6) is 5.75 Å². The van der Waals surface area contributed by atoms with Gasteiger partial charge in [-0.3, -0.25) is 4.72 Å². The molecular formula is C14H15BrN2O3S. The summed E-state index contributed by atoms with van der Waals surface area (Å²) < 4.78 is 33.0. The van der Waals surface area contributed by atoms with Gasteiger partial charge < -0.3 is 10.5 Å². The van der Waals surface area contributed by atoms with Crippen molar-refractivity contribution in [1.82, 2.24) is 0 Å². The Bertz CT molecular complexity index is 776. The number of aryl methyl sites for hydroxylation is 1. The van der Waals surface area contributed by atoms with Gasteiger partial charge in [0.1, 0.15) is 10.6 Å². The minimum absolute atomic E-state index is 0.00998. The Kier molecular flexibility index (Phi) is 4.43. The van der Waals surface area contributed by atoms with Crippen molar-refractivity contribution in [1.29, 1.82) is 0 Å². The highest BCUT2D eigenvalue weighted by atomic mass is 79.9. The van der Waals surface area contributed by atoms with Crippen LogP contribution in [0.25, 0.3) is 0 Å². The smallest absolute Gasteiger partial charge is 0.263 e. The number of methoxy groups -OCH3 is 1. The van der Waals surface area contributed by atoms with E-state index < -0.39 is 10.0 Å². The van der Waals surface area contributed by atoms with Gasteiger partial charge in [-0.25, -0.2) is 8.42 Å². The Hall–Kier alpha value is -1.73. The fourth-order valence-electron chi connectivity index (χ4n) is 1.80. The number of anilines is 2. The molecule has 7 heteroatoms. The molecule has 0 bridgehead atoms. The fraction of sp³-hybridized carbons (Fsp3) is 0.143. The first kappa shape index (κ1) is 15.7. The zero-order valence-electron chi connectivity index (χ0n) is 11.6. The summed E-state index contributed by atoms with van der Waals surface area (Å²) in [4.78, 5) is 0.00998. The largest absolute Gasteiger partial charge is 0.497 e. The maximum absolute atomic E-state index is 12.4. The lowest BCUT2D eigenvalue weighted by atomic mass is 10.2. The molecule has 0 atom stereocenters. The summed E-state index contributed by atoms with van der Waals surface area (Å²) in [5, 5.41) is 0. The number of hydrogen-bond acceptors (Lipinski definition) is 4. The van der Waals surface area contributed by atoms with Crippen LogP contribution in [0.1, 0.15) is 5.56 Å². The van der Waals surface area contributed by atoms with E-state index in [1.807, 2.05) is 19.1 Å². The third kappa shape index (κ3) is 3.48. The number of hydrogen-bond donors (Lipinski definition) is 2. The van der Waals surface area contributed by atoms with Crippen LogP contribution in [0.2, 0.25) is 0 Å². The van der Waals surface area contributed by atoms with Crippen LogP contribution < -0.4 is 15.2 Å². The fourth-order valence-corrected chi connectivity index (χ4v) is 3.72. The van der Waals surface area contributed by atoms with Crippen molar-refractivity contribution in [2.24, 2.45) is 0 Å². The van der Waals surface area contributed by atoms with Gasteiger partial charge in [-0.15, -0.1) is 0 Å². The van der Waals surface area contributed by atoms with Crippen LogP contribution in [-0.4, -0.2) is 15.5 Å². The van der Waals surface area contributed by atoms with Crippen molar-refractivity contribution in [2.45, 2.75) is 11.8 Å². The van der Waals surface area contributed by atoms with Gasteiger partial charge in [0.05, 0.1) is 18.5 Å². The lowest BCUT2D eigenvalue weighted by molar-refractivity contribution is 0.414. The predicted molar refractivity (Wildman–Crippen MR) is 87.1 cm³/mol. The topological polar surface area (TPSA) is 81.4 Å². The molecule has 2 rings (SSSR count). The lowest BCUT2D eigenvalue weighted by Gasteiger charge is -2.12. The average molecular weight is 371 g/mol. The van der Waals surface area contributed by atoms with E-state index in [9.17, 15) is 8.42 Å². The number of halogens is 1. The van der Waals surface area contributed by atoms with Gasteiger partial charge in [0.15, 0.2) is 0 Å². The van der Waals surface area contributed by atoms with E-state index in [1.165, 1.54) is 19.2 Å². The summed E-state index contributed by atoms with van der Waals surface area (Å²) in [7, 11) is -2.27. The molecule has 0 aliphatic rings. The van der Waals surface area contributed by atoms with E-state index in [1.54, 1.807) is 12.1 Å². The van der Waals surface area contributed by atoms with E-state index >= 15 is 0 Å². The van der Waals surface area contributed by atoms with Gasteiger partial charge in [0.2, 0.25) is 0 Å². The second-order valence-corrected chi connectivity index (χ2v) is 7.00. The Balaban J connectivity index is 2.38. The number of nitrogens with two attached hydrogens (primary N) is 1. The molecule has 0 saturated heterocycles. The molecule has 21 heavy (non-hydrogen) atoms. The van der Waals surface area contributed by atoms with E-state index in [2.05, 4.69) is 20.7 Å². The van der Waals surface area contributed by atoms with E-state index in [-0.39, 0.29) is 10.6 Å². The molecule has 0 aliphatic carbocycles. The van der Waals surface area contributed by atoms with Crippen molar-refractivity contribution < 1.29 is 13.2 Å². The van der Waals surface area contributed by atoms with Crippen LogP contribution in [0, 0.1) is 6.92 Å². The monoisotopic (exact) mass is 370 g/mol. The highest BCUT2D eigenvalue weighted by Crippen LogP contribution is 2.29. The van der Waals surface area contributed by atoms with E-state index in [4.69, 9.17) is 10.5 Å². The quantitative estimate of drug-likeness (QED) is 0.809. The Morgan fingerprint density at radius 1 is 1.19 bits per heavy atom. The minimum Gasteiger partial charge on any atom is -0.497 e. The molecule has 2 aromatic carbocycles. The Labute approximate surface area is 132 Å². The summed E-state index contributed by atoms with van der Waals surface area (Å²) in [6, 6.07) is 9.78. The summed E-state index contributed by atoms with van der Waals surface area (Å²) >= 11 is 3.34. The van der Waals surface area contributed by atoms with Gasteiger partial charge in [0.25, 0.3) is 10.0 Å². The number of nitrogens with one attached hydrogen (secondary N) is 1. The van der Waals surface area contributed by atoms with Crippen LogP contribution >= 0.6 is 15.9 Å². The van der Waals surface area contributed by atoms with Crippen molar-refractivity contribution >= 4 is 37.3 Å². The zero-order valence-corrected chi connectivity index (χ0v) is 14.0. The van der Waals surface area contributed by atoms with Crippen LogP contribution in [0.15, 0.2) is 45.8 Å². The molecule has 0 amide bonds. The van der Waals surface area contributed by atoms with Gasteiger partial charge in [-0.2, -0.15) is 0 Å². The maximum atomic E-state index is 12.4.